The number of amides is 1. The first-order valence-electron chi connectivity index (χ1n) is 8.20. The van der Waals surface area contributed by atoms with Crippen molar-refractivity contribution in [3.05, 3.63) is 64.9 Å². The van der Waals surface area contributed by atoms with Gasteiger partial charge in [0, 0.05) is 7.05 Å². The van der Waals surface area contributed by atoms with Gasteiger partial charge in [-0.05, 0) is 43.2 Å². The zero-order valence-corrected chi connectivity index (χ0v) is 15.1. The number of carbonyl (C=O) groups is 2. The fourth-order valence-electron chi connectivity index (χ4n) is 2.56. The number of nitrogens with zero attached hydrogens (tertiary/aromatic N) is 2. The molecule has 0 aliphatic rings. The first-order chi connectivity index (χ1) is 12.8. The van der Waals surface area contributed by atoms with Crippen molar-refractivity contribution >= 4 is 17.6 Å². The van der Waals surface area contributed by atoms with Crippen molar-refractivity contribution in [1.29, 1.82) is 0 Å². The molecule has 2 heterocycles. The number of carboxylic acids is 1. The Kier molecular flexibility index (Phi) is 4.98. The van der Waals surface area contributed by atoms with Gasteiger partial charge in [0.05, 0.1) is 11.9 Å². The van der Waals surface area contributed by atoms with Crippen molar-refractivity contribution in [2.45, 2.75) is 20.5 Å². The summed E-state index contributed by atoms with van der Waals surface area (Å²) in [6.45, 7) is 4.10. The molecule has 1 amide bonds. The van der Waals surface area contributed by atoms with Gasteiger partial charge in [-0.3, -0.25) is 9.48 Å². The quantitative estimate of drug-likeness (QED) is 0.691. The average Bonchev–Trinajstić information content (AvgIpc) is 3.22. The molecule has 0 radical (unpaired) electrons. The number of anilines is 1. The number of hydrogen-bond acceptors (Lipinski definition) is 5. The van der Waals surface area contributed by atoms with Crippen LogP contribution in [-0.4, -0.2) is 26.8 Å². The molecule has 3 aromatic rings. The highest BCUT2D eigenvalue weighted by Crippen LogP contribution is 2.21. The summed E-state index contributed by atoms with van der Waals surface area (Å²) in [5, 5.41) is 15.5. The topological polar surface area (TPSA) is 107 Å². The number of benzene rings is 1. The average molecular weight is 369 g/mol. The normalized spacial score (nSPS) is 10.6. The molecule has 0 aliphatic heterocycles. The van der Waals surface area contributed by atoms with Crippen molar-refractivity contribution in [2.75, 3.05) is 5.32 Å². The summed E-state index contributed by atoms with van der Waals surface area (Å²) in [5.74, 6) is -0.477. The van der Waals surface area contributed by atoms with Crippen molar-refractivity contribution in [3.8, 4) is 5.75 Å². The van der Waals surface area contributed by atoms with Crippen LogP contribution in [0.4, 0.5) is 5.69 Å². The molecule has 0 saturated carbocycles. The standard InChI is InChI=1S/C19H19N3O5/c1-11-4-5-12(2)16(8-11)26-10-13-6-7-15(27-13)18(23)21-14-9-20-22(3)17(14)19(24)25/h4-9H,10H2,1-3H3,(H,21,23)(H,24,25). The van der Waals surface area contributed by atoms with Gasteiger partial charge in [-0.1, -0.05) is 12.1 Å². The molecule has 0 aliphatic carbocycles. The molecule has 0 spiro atoms. The van der Waals surface area contributed by atoms with E-state index in [1.807, 2.05) is 32.0 Å². The monoisotopic (exact) mass is 369 g/mol. The number of rotatable bonds is 6. The zero-order valence-electron chi connectivity index (χ0n) is 15.1. The zero-order chi connectivity index (χ0) is 19.6. The molecule has 3 rings (SSSR count). The Morgan fingerprint density at radius 2 is 2.04 bits per heavy atom. The van der Waals surface area contributed by atoms with E-state index in [2.05, 4.69) is 10.4 Å². The van der Waals surface area contributed by atoms with Gasteiger partial charge in [-0.2, -0.15) is 5.10 Å². The third-order valence-corrected chi connectivity index (χ3v) is 3.99. The van der Waals surface area contributed by atoms with Crippen molar-refractivity contribution in [1.82, 2.24) is 9.78 Å². The molecule has 8 heteroatoms. The Balaban J connectivity index is 1.67. The molecule has 0 bridgehead atoms. The molecule has 1 aromatic carbocycles. The number of aromatic carboxylic acids is 1. The Morgan fingerprint density at radius 3 is 2.78 bits per heavy atom. The van der Waals surface area contributed by atoms with Gasteiger partial charge >= 0.3 is 5.97 Å². The Labute approximate surface area is 155 Å². The van der Waals surface area contributed by atoms with Gasteiger partial charge in [0.2, 0.25) is 0 Å². The summed E-state index contributed by atoms with van der Waals surface area (Å²) >= 11 is 0. The third kappa shape index (κ3) is 4.00. The minimum atomic E-state index is -1.19. The molecule has 140 valence electrons. The van der Waals surface area contributed by atoms with Crippen molar-refractivity contribution < 1.29 is 23.8 Å². The summed E-state index contributed by atoms with van der Waals surface area (Å²) in [5.41, 5.74) is 2.07. The van der Waals surface area contributed by atoms with Crippen LogP contribution < -0.4 is 10.1 Å². The predicted octanol–water partition coefficient (Wildman–Crippen LogP) is 3.16. The number of aryl methyl sites for hydroxylation is 3. The minimum absolute atomic E-state index is 0.0507. The van der Waals surface area contributed by atoms with E-state index >= 15 is 0 Å². The minimum Gasteiger partial charge on any atom is -0.485 e. The van der Waals surface area contributed by atoms with Crippen LogP contribution in [0.15, 0.2) is 40.9 Å². The number of carboxylic acid groups (broad SMARTS) is 1. The summed E-state index contributed by atoms with van der Waals surface area (Å²) in [6, 6.07) is 9.05. The van der Waals surface area contributed by atoms with Crippen LogP contribution in [0.2, 0.25) is 0 Å². The second kappa shape index (κ2) is 7.36. The van der Waals surface area contributed by atoms with Crippen LogP contribution >= 0.6 is 0 Å². The first-order valence-corrected chi connectivity index (χ1v) is 8.20. The number of furan rings is 1. The molecule has 8 nitrogen and oxygen atoms in total. The van der Waals surface area contributed by atoms with E-state index in [0.29, 0.717) is 5.76 Å². The molecule has 27 heavy (non-hydrogen) atoms. The number of carbonyl (C=O) groups excluding carboxylic acids is 1. The van der Waals surface area contributed by atoms with Gasteiger partial charge in [0.1, 0.15) is 18.1 Å². The summed E-state index contributed by atoms with van der Waals surface area (Å²) in [7, 11) is 1.48. The highest BCUT2D eigenvalue weighted by Gasteiger charge is 2.20. The fourth-order valence-corrected chi connectivity index (χ4v) is 2.56. The summed E-state index contributed by atoms with van der Waals surface area (Å²) in [6.07, 6.45) is 1.27. The maximum absolute atomic E-state index is 12.3. The van der Waals surface area contributed by atoms with Crippen molar-refractivity contribution in [2.24, 2.45) is 7.05 Å². The van der Waals surface area contributed by atoms with Crippen LogP contribution in [0.1, 0.15) is 37.9 Å². The second-order valence-corrected chi connectivity index (χ2v) is 6.11. The third-order valence-electron chi connectivity index (χ3n) is 3.99. The number of nitrogens with one attached hydrogen (secondary N) is 1. The van der Waals surface area contributed by atoms with E-state index in [-0.39, 0.29) is 23.7 Å². The van der Waals surface area contributed by atoms with Gasteiger partial charge in [-0.15, -0.1) is 0 Å². The second-order valence-electron chi connectivity index (χ2n) is 6.11. The first kappa shape index (κ1) is 18.2. The van der Waals surface area contributed by atoms with Gasteiger partial charge in [-0.25, -0.2) is 4.79 Å². The van der Waals surface area contributed by atoms with Crippen LogP contribution in [0.5, 0.6) is 5.75 Å². The van der Waals surface area contributed by atoms with Crippen LogP contribution in [-0.2, 0) is 13.7 Å². The SMILES string of the molecule is Cc1ccc(C)c(OCc2ccc(C(=O)Nc3cnn(C)c3C(=O)O)o2)c1. The van der Waals surface area contributed by atoms with E-state index in [1.54, 1.807) is 6.07 Å². The summed E-state index contributed by atoms with van der Waals surface area (Å²) in [4.78, 5) is 23.6. The van der Waals surface area contributed by atoms with Crippen LogP contribution in [0.3, 0.4) is 0 Å². The molecule has 0 unspecified atom stereocenters. The number of aromatic nitrogens is 2. The lowest BCUT2D eigenvalue weighted by Gasteiger charge is -2.08. The highest BCUT2D eigenvalue weighted by atomic mass is 16.5. The van der Waals surface area contributed by atoms with Gasteiger partial charge in [0.15, 0.2) is 11.5 Å². The lowest BCUT2D eigenvalue weighted by Crippen LogP contribution is -2.15. The lowest BCUT2D eigenvalue weighted by atomic mass is 10.1. The van der Waals surface area contributed by atoms with Gasteiger partial charge in [0.25, 0.3) is 5.91 Å². The maximum atomic E-state index is 12.3. The fraction of sp³-hybridized carbons (Fsp3) is 0.211. The molecular weight excluding hydrogens is 350 g/mol. The predicted molar refractivity (Wildman–Crippen MR) is 97.1 cm³/mol. The highest BCUT2D eigenvalue weighted by molar-refractivity contribution is 6.05. The molecule has 0 saturated heterocycles. The van der Waals surface area contributed by atoms with E-state index in [4.69, 9.17) is 9.15 Å². The Hall–Kier alpha value is -3.55. The van der Waals surface area contributed by atoms with Crippen LogP contribution in [0.25, 0.3) is 0 Å². The van der Waals surface area contributed by atoms with Crippen molar-refractivity contribution in [3.63, 3.8) is 0 Å². The Bertz CT molecular complexity index is 1000. The van der Waals surface area contributed by atoms with Gasteiger partial charge < -0.3 is 19.6 Å². The maximum Gasteiger partial charge on any atom is 0.356 e. The van der Waals surface area contributed by atoms with E-state index in [1.165, 1.54) is 24.0 Å². The molecule has 2 aromatic heterocycles. The molecule has 0 atom stereocenters. The molecule has 2 N–H and O–H groups in total. The van der Waals surface area contributed by atoms with E-state index in [9.17, 15) is 14.7 Å². The summed E-state index contributed by atoms with van der Waals surface area (Å²) < 4.78 is 12.4. The molecular formula is C19H19N3O5. The smallest absolute Gasteiger partial charge is 0.356 e. The largest absolute Gasteiger partial charge is 0.485 e. The number of hydrogen-bond donors (Lipinski definition) is 2. The van der Waals surface area contributed by atoms with Crippen LogP contribution in [0, 0.1) is 13.8 Å². The Morgan fingerprint density at radius 1 is 1.26 bits per heavy atom. The van der Waals surface area contributed by atoms with E-state index in [0.717, 1.165) is 16.9 Å². The number of ether oxygens (including phenoxy) is 1. The molecule has 0 fully saturated rings. The lowest BCUT2D eigenvalue weighted by molar-refractivity contribution is 0.0686. The van der Waals surface area contributed by atoms with E-state index < -0.39 is 11.9 Å².